The molecule has 3 aromatic carbocycles. The van der Waals surface area contributed by atoms with Gasteiger partial charge in [0, 0.05) is 10.8 Å². The largest absolute Gasteiger partial charge is 0.507 e. The summed E-state index contributed by atoms with van der Waals surface area (Å²) in [4.78, 5) is 24.5. The molecule has 0 saturated carbocycles. The third-order valence-electron chi connectivity index (χ3n) is 4.00. The van der Waals surface area contributed by atoms with E-state index in [0.29, 0.717) is 5.39 Å². The summed E-state index contributed by atoms with van der Waals surface area (Å²) in [5, 5.41) is 23.3. The maximum atomic E-state index is 13.6. The fraction of sp³-hybridized carbons (Fsp3) is 0.100. The Hall–Kier alpha value is -3.61. The molecule has 0 spiro atoms. The average Bonchev–Trinajstić information content (AvgIpc) is 2.66. The number of rotatable bonds is 4. The molecule has 7 heteroatoms. The summed E-state index contributed by atoms with van der Waals surface area (Å²) in [6, 6.07) is 13.1. The van der Waals surface area contributed by atoms with Crippen molar-refractivity contribution in [2.24, 2.45) is 0 Å². The van der Waals surface area contributed by atoms with E-state index < -0.39 is 23.8 Å². The van der Waals surface area contributed by atoms with Crippen molar-refractivity contribution in [2.45, 2.75) is 13.0 Å². The lowest BCUT2D eigenvalue weighted by molar-refractivity contribution is -0.123. The predicted octanol–water partition coefficient (Wildman–Crippen LogP) is 3.57. The van der Waals surface area contributed by atoms with Gasteiger partial charge in [-0.15, -0.1) is 0 Å². The van der Waals surface area contributed by atoms with Gasteiger partial charge in [0.2, 0.25) is 0 Å². The van der Waals surface area contributed by atoms with Gasteiger partial charge in [-0.05, 0) is 25.1 Å². The number of nitrogens with one attached hydrogen (secondary N) is 1. The van der Waals surface area contributed by atoms with Crippen LogP contribution in [0.4, 0.5) is 10.1 Å². The van der Waals surface area contributed by atoms with E-state index in [4.69, 9.17) is 4.74 Å². The van der Waals surface area contributed by atoms with Gasteiger partial charge >= 0.3 is 5.97 Å². The molecule has 0 fully saturated rings. The molecule has 3 rings (SSSR count). The van der Waals surface area contributed by atoms with Crippen molar-refractivity contribution in [2.75, 3.05) is 5.32 Å². The molecule has 3 aromatic rings. The van der Waals surface area contributed by atoms with Crippen molar-refractivity contribution < 1.29 is 28.9 Å². The van der Waals surface area contributed by atoms with Gasteiger partial charge in [-0.3, -0.25) is 4.79 Å². The molecular weight excluding hydrogens is 353 g/mol. The van der Waals surface area contributed by atoms with Crippen molar-refractivity contribution in [1.29, 1.82) is 0 Å². The molecule has 138 valence electrons. The van der Waals surface area contributed by atoms with E-state index in [-0.39, 0.29) is 28.1 Å². The van der Waals surface area contributed by atoms with Crippen LogP contribution in [0.25, 0.3) is 10.8 Å². The van der Waals surface area contributed by atoms with Crippen molar-refractivity contribution in [3.8, 4) is 11.5 Å². The van der Waals surface area contributed by atoms with Crippen LogP contribution < -0.4 is 5.32 Å². The molecule has 0 bridgehead atoms. The summed E-state index contributed by atoms with van der Waals surface area (Å²) in [5.41, 5.74) is -0.326. The van der Waals surface area contributed by atoms with Gasteiger partial charge in [0.05, 0.1) is 5.69 Å². The highest BCUT2D eigenvalue weighted by atomic mass is 19.1. The molecule has 0 unspecified atom stereocenters. The number of anilines is 1. The quantitative estimate of drug-likeness (QED) is 0.483. The Morgan fingerprint density at radius 3 is 2.37 bits per heavy atom. The van der Waals surface area contributed by atoms with Crippen LogP contribution in [0, 0.1) is 5.82 Å². The van der Waals surface area contributed by atoms with Gasteiger partial charge in [0.1, 0.15) is 22.9 Å². The number of hydrogen-bond donors (Lipinski definition) is 3. The minimum atomic E-state index is -1.26. The lowest BCUT2D eigenvalue weighted by Crippen LogP contribution is -2.30. The first kappa shape index (κ1) is 18.2. The summed E-state index contributed by atoms with van der Waals surface area (Å²) in [6.07, 6.45) is -1.26. The molecule has 1 amide bonds. The topological polar surface area (TPSA) is 95.9 Å². The number of amides is 1. The summed E-state index contributed by atoms with van der Waals surface area (Å²) in [5.74, 6) is -2.93. The molecule has 0 aliphatic rings. The maximum Gasteiger partial charge on any atom is 0.342 e. The number of benzene rings is 3. The number of para-hydroxylation sites is 1. The molecule has 3 N–H and O–H groups in total. The highest BCUT2D eigenvalue weighted by Gasteiger charge is 2.23. The van der Waals surface area contributed by atoms with Gasteiger partial charge in [-0.1, -0.05) is 36.4 Å². The second-order valence-corrected chi connectivity index (χ2v) is 5.85. The zero-order chi connectivity index (χ0) is 19.6. The number of phenolic OH excluding ortho intramolecular Hbond substituents is 2. The van der Waals surface area contributed by atoms with Crippen LogP contribution in [0.15, 0.2) is 54.6 Å². The van der Waals surface area contributed by atoms with Crippen LogP contribution in [-0.2, 0) is 9.53 Å². The fourth-order valence-electron chi connectivity index (χ4n) is 2.57. The number of esters is 1. The summed E-state index contributed by atoms with van der Waals surface area (Å²) in [6.45, 7) is 1.31. The van der Waals surface area contributed by atoms with Crippen LogP contribution in [0.3, 0.4) is 0 Å². The molecular formula is C20H16FNO5. The molecule has 0 saturated heterocycles. The van der Waals surface area contributed by atoms with Crippen LogP contribution in [0.1, 0.15) is 17.3 Å². The smallest absolute Gasteiger partial charge is 0.342 e. The van der Waals surface area contributed by atoms with E-state index >= 15 is 0 Å². The first-order valence-electron chi connectivity index (χ1n) is 8.08. The number of aromatic hydroxyl groups is 2. The minimum Gasteiger partial charge on any atom is -0.507 e. The monoisotopic (exact) mass is 369 g/mol. The number of fused-ring (bicyclic) bond motifs is 1. The highest BCUT2D eigenvalue weighted by molar-refractivity contribution is 6.04. The molecule has 6 nitrogen and oxygen atoms in total. The number of ether oxygens (including phenoxy) is 1. The van der Waals surface area contributed by atoms with E-state index in [0.717, 1.165) is 6.07 Å². The number of carbonyl (C=O) groups excluding carboxylic acids is 2. The van der Waals surface area contributed by atoms with E-state index in [9.17, 15) is 24.2 Å². The van der Waals surface area contributed by atoms with Gasteiger partial charge in [-0.25, -0.2) is 9.18 Å². The Morgan fingerprint density at radius 2 is 1.67 bits per heavy atom. The molecule has 0 aliphatic heterocycles. The standard InChI is InChI=1S/C20H16FNO5/c1-11(19(25)22-16-9-5-4-8-15(16)21)27-20(26)14-10-17(23)12-6-2-3-7-13(12)18(14)24/h2-11,23-24H,1H3,(H,22,25)/t11-/m1/s1. The SMILES string of the molecule is C[C@@H](OC(=O)c1cc(O)c2ccccc2c1O)C(=O)Nc1ccccc1F. The highest BCUT2D eigenvalue weighted by Crippen LogP contribution is 2.35. The molecule has 1 atom stereocenters. The fourth-order valence-corrected chi connectivity index (χ4v) is 2.57. The lowest BCUT2D eigenvalue weighted by Gasteiger charge is -2.15. The average molecular weight is 369 g/mol. The van der Waals surface area contributed by atoms with Crippen LogP contribution in [0.5, 0.6) is 11.5 Å². The van der Waals surface area contributed by atoms with Gasteiger partial charge in [0.25, 0.3) is 5.91 Å². The van der Waals surface area contributed by atoms with E-state index in [1.807, 2.05) is 0 Å². The van der Waals surface area contributed by atoms with Crippen LogP contribution >= 0.6 is 0 Å². The predicted molar refractivity (Wildman–Crippen MR) is 97.2 cm³/mol. The van der Waals surface area contributed by atoms with Crippen molar-refractivity contribution >= 4 is 28.3 Å². The molecule has 0 aliphatic carbocycles. The van der Waals surface area contributed by atoms with Gasteiger partial charge < -0.3 is 20.3 Å². The van der Waals surface area contributed by atoms with Crippen molar-refractivity contribution in [1.82, 2.24) is 0 Å². The lowest BCUT2D eigenvalue weighted by atomic mass is 10.0. The first-order valence-corrected chi connectivity index (χ1v) is 8.08. The number of carbonyl (C=O) groups is 2. The van der Waals surface area contributed by atoms with Gasteiger partial charge in [0.15, 0.2) is 6.10 Å². The van der Waals surface area contributed by atoms with Crippen LogP contribution in [-0.4, -0.2) is 28.2 Å². The number of halogens is 1. The normalized spacial score (nSPS) is 11.8. The molecule has 0 heterocycles. The third-order valence-corrected chi connectivity index (χ3v) is 4.00. The van der Waals surface area contributed by atoms with E-state index in [2.05, 4.69) is 5.32 Å². The zero-order valence-electron chi connectivity index (χ0n) is 14.3. The Bertz CT molecular complexity index is 1030. The number of phenols is 2. The van der Waals surface area contributed by atoms with E-state index in [1.54, 1.807) is 24.3 Å². The Balaban J connectivity index is 1.79. The summed E-state index contributed by atoms with van der Waals surface area (Å²) < 4.78 is 18.7. The van der Waals surface area contributed by atoms with Crippen molar-refractivity contribution in [3.63, 3.8) is 0 Å². The molecule has 0 radical (unpaired) electrons. The zero-order valence-corrected chi connectivity index (χ0v) is 14.3. The molecule has 0 aromatic heterocycles. The first-order chi connectivity index (χ1) is 12.9. The number of hydrogen-bond acceptors (Lipinski definition) is 5. The third kappa shape index (κ3) is 3.67. The minimum absolute atomic E-state index is 0.0448. The Kier molecular flexibility index (Phi) is 4.94. The second kappa shape index (κ2) is 7.33. The van der Waals surface area contributed by atoms with Crippen LogP contribution in [0.2, 0.25) is 0 Å². The second-order valence-electron chi connectivity index (χ2n) is 5.85. The maximum absolute atomic E-state index is 13.6. The Morgan fingerprint density at radius 1 is 1.04 bits per heavy atom. The molecule has 27 heavy (non-hydrogen) atoms. The summed E-state index contributed by atoms with van der Waals surface area (Å²) >= 11 is 0. The van der Waals surface area contributed by atoms with E-state index in [1.165, 1.54) is 31.2 Å². The van der Waals surface area contributed by atoms with Gasteiger partial charge in [-0.2, -0.15) is 0 Å². The summed E-state index contributed by atoms with van der Waals surface area (Å²) in [7, 11) is 0. The van der Waals surface area contributed by atoms with Crippen molar-refractivity contribution in [3.05, 3.63) is 66.0 Å². The Labute approximate surface area is 153 Å².